The third-order valence-corrected chi connectivity index (χ3v) is 2.75. The first-order chi connectivity index (χ1) is 7.73. The molecule has 0 aromatic carbocycles. The zero-order valence-electron chi connectivity index (χ0n) is 11.1. The number of nitriles is 1. The molecule has 94 valence electrons. The first-order valence-electron chi connectivity index (χ1n) is 5.74. The summed E-state index contributed by atoms with van der Waals surface area (Å²) in [6, 6.07) is 1.95. The number of hydrogen-bond donors (Lipinski definition) is 0. The summed E-state index contributed by atoms with van der Waals surface area (Å²) in [5.74, 6) is -0.556. The molecular formula is C13H19NO3. The highest BCUT2D eigenvalue weighted by atomic mass is 16.5. The minimum Gasteiger partial charge on any atom is -0.462 e. The van der Waals surface area contributed by atoms with Gasteiger partial charge in [0.25, 0.3) is 0 Å². The Morgan fingerprint density at radius 3 is 2.41 bits per heavy atom. The molecule has 1 rings (SSSR count). The predicted octanol–water partition coefficient (Wildman–Crippen LogP) is 2.35. The zero-order valence-corrected chi connectivity index (χ0v) is 11.1. The van der Waals surface area contributed by atoms with E-state index in [9.17, 15) is 4.79 Å². The van der Waals surface area contributed by atoms with Gasteiger partial charge in [0.15, 0.2) is 0 Å². The van der Waals surface area contributed by atoms with Crippen molar-refractivity contribution in [3.05, 3.63) is 11.1 Å². The van der Waals surface area contributed by atoms with Crippen molar-refractivity contribution in [1.82, 2.24) is 0 Å². The van der Waals surface area contributed by atoms with Crippen molar-refractivity contribution in [1.29, 1.82) is 5.26 Å². The van der Waals surface area contributed by atoms with Crippen LogP contribution in [0.5, 0.6) is 0 Å². The highest BCUT2D eigenvalue weighted by Gasteiger charge is 2.44. The molecule has 0 aromatic rings. The van der Waals surface area contributed by atoms with Crippen molar-refractivity contribution in [2.24, 2.45) is 0 Å². The van der Waals surface area contributed by atoms with E-state index in [0.717, 1.165) is 5.57 Å². The first kappa shape index (κ1) is 13.7. The Hall–Kier alpha value is -1.34. The van der Waals surface area contributed by atoms with E-state index in [1.165, 1.54) is 0 Å². The van der Waals surface area contributed by atoms with Crippen LogP contribution in [0.15, 0.2) is 11.1 Å². The molecule has 0 radical (unpaired) electrons. The zero-order chi connectivity index (χ0) is 13.3. The number of rotatable bonds is 2. The molecule has 0 N–H and O–H groups in total. The van der Waals surface area contributed by atoms with E-state index in [-0.39, 0.29) is 17.8 Å². The lowest BCUT2D eigenvalue weighted by molar-refractivity contribution is -0.138. The summed E-state index contributed by atoms with van der Waals surface area (Å²) in [5.41, 5.74) is -0.139. The van der Waals surface area contributed by atoms with Crippen LogP contribution in [0.25, 0.3) is 0 Å². The SMILES string of the molecule is CCOC(=O)/C(C#N)=C1\CC(C)(C)OC1(C)C. The van der Waals surface area contributed by atoms with E-state index >= 15 is 0 Å². The van der Waals surface area contributed by atoms with Crippen LogP contribution in [0.2, 0.25) is 0 Å². The second-order valence-electron chi connectivity index (χ2n) is 5.23. The Morgan fingerprint density at radius 1 is 1.47 bits per heavy atom. The van der Waals surface area contributed by atoms with Gasteiger partial charge < -0.3 is 9.47 Å². The van der Waals surface area contributed by atoms with Crippen LogP contribution in [0.3, 0.4) is 0 Å². The average Bonchev–Trinajstić information content (AvgIpc) is 2.36. The number of nitrogens with zero attached hydrogens (tertiary/aromatic N) is 1. The lowest BCUT2D eigenvalue weighted by Crippen LogP contribution is -2.27. The quantitative estimate of drug-likeness (QED) is 0.420. The summed E-state index contributed by atoms with van der Waals surface area (Å²) in [5, 5.41) is 9.12. The maximum atomic E-state index is 11.7. The second-order valence-corrected chi connectivity index (χ2v) is 5.23. The molecule has 4 nitrogen and oxygen atoms in total. The second kappa shape index (κ2) is 4.50. The Balaban J connectivity index is 3.19. The molecule has 0 atom stereocenters. The molecule has 0 amide bonds. The molecule has 17 heavy (non-hydrogen) atoms. The van der Waals surface area contributed by atoms with Gasteiger partial charge in [0.1, 0.15) is 11.6 Å². The fourth-order valence-electron chi connectivity index (χ4n) is 2.26. The maximum Gasteiger partial charge on any atom is 0.348 e. The summed E-state index contributed by atoms with van der Waals surface area (Å²) in [4.78, 5) is 11.7. The third-order valence-electron chi connectivity index (χ3n) is 2.75. The molecular weight excluding hydrogens is 218 g/mol. The molecule has 1 aliphatic rings. The topological polar surface area (TPSA) is 59.3 Å². The molecule has 1 aliphatic heterocycles. The van der Waals surface area contributed by atoms with E-state index in [4.69, 9.17) is 14.7 Å². The highest BCUT2D eigenvalue weighted by Crippen LogP contribution is 2.43. The van der Waals surface area contributed by atoms with Gasteiger partial charge in [-0.1, -0.05) is 0 Å². The molecule has 0 saturated carbocycles. The first-order valence-corrected chi connectivity index (χ1v) is 5.74. The van der Waals surface area contributed by atoms with Gasteiger partial charge in [-0.3, -0.25) is 0 Å². The number of esters is 1. The lowest BCUT2D eigenvalue weighted by Gasteiger charge is -2.24. The minimum absolute atomic E-state index is 0.0856. The van der Waals surface area contributed by atoms with E-state index < -0.39 is 11.6 Å². The minimum atomic E-state index is -0.596. The fraction of sp³-hybridized carbons (Fsp3) is 0.692. The Labute approximate surface area is 102 Å². The smallest absolute Gasteiger partial charge is 0.348 e. The fourth-order valence-corrected chi connectivity index (χ4v) is 2.26. The molecule has 1 saturated heterocycles. The maximum absolute atomic E-state index is 11.7. The van der Waals surface area contributed by atoms with Crippen LogP contribution >= 0.6 is 0 Å². The van der Waals surface area contributed by atoms with Crippen molar-refractivity contribution in [3.63, 3.8) is 0 Å². The highest BCUT2D eigenvalue weighted by molar-refractivity contribution is 5.94. The van der Waals surface area contributed by atoms with Crippen molar-refractivity contribution < 1.29 is 14.3 Å². The molecule has 1 fully saturated rings. The van der Waals surface area contributed by atoms with Crippen LogP contribution in [-0.4, -0.2) is 23.8 Å². The van der Waals surface area contributed by atoms with Gasteiger partial charge in [-0.15, -0.1) is 0 Å². The van der Waals surface area contributed by atoms with Gasteiger partial charge in [-0.25, -0.2) is 4.79 Å². The summed E-state index contributed by atoms with van der Waals surface area (Å²) >= 11 is 0. The van der Waals surface area contributed by atoms with Crippen LogP contribution in [0.1, 0.15) is 41.0 Å². The van der Waals surface area contributed by atoms with E-state index in [0.29, 0.717) is 6.42 Å². The molecule has 1 heterocycles. The normalized spacial score (nSPS) is 24.0. The molecule has 4 heteroatoms. The van der Waals surface area contributed by atoms with Crippen LogP contribution in [-0.2, 0) is 14.3 Å². The molecule has 0 unspecified atom stereocenters. The van der Waals surface area contributed by atoms with Gasteiger partial charge in [0, 0.05) is 6.42 Å². The number of carbonyl (C=O) groups is 1. The Morgan fingerprint density at radius 2 is 2.06 bits per heavy atom. The molecule has 0 spiro atoms. The Bertz CT molecular complexity index is 399. The predicted molar refractivity (Wildman–Crippen MR) is 63.1 cm³/mol. The van der Waals surface area contributed by atoms with Gasteiger partial charge >= 0.3 is 5.97 Å². The lowest BCUT2D eigenvalue weighted by atomic mass is 9.90. The average molecular weight is 237 g/mol. The summed E-state index contributed by atoms with van der Waals surface area (Å²) in [6.07, 6.45) is 0.571. The van der Waals surface area contributed by atoms with Gasteiger partial charge in [-0.2, -0.15) is 5.26 Å². The molecule has 0 aromatic heterocycles. The van der Waals surface area contributed by atoms with Crippen molar-refractivity contribution in [3.8, 4) is 6.07 Å². The van der Waals surface area contributed by atoms with E-state index in [1.54, 1.807) is 6.92 Å². The van der Waals surface area contributed by atoms with Crippen molar-refractivity contribution in [2.45, 2.75) is 52.2 Å². The third kappa shape index (κ3) is 2.86. The van der Waals surface area contributed by atoms with Crippen LogP contribution in [0.4, 0.5) is 0 Å². The number of carbonyl (C=O) groups excluding carboxylic acids is 1. The Kier molecular flexibility index (Phi) is 3.63. The van der Waals surface area contributed by atoms with Crippen molar-refractivity contribution >= 4 is 5.97 Å². The van der Waals surface area contributed by atoms with Gasteiger partial charge in [0.05, 0.1) is 17.8 Å². The summed E-state index contributed by atoms with van der Waals surface area (Å²) in [7, 11) is 0. The molecule has 0 aliphatic carbocycles. The van der Waals surface area contributed by atoms with E-state index in [1.807, 2.05) is 33.8 Å². The number of ether oxygens (including phenoxy) is 2. The van der Waals surface area contributed by atoms with Crippen molar-refractivity contribution in [2.75, 3.05) is 6.61 Å². The summed E-state index contributed by atoms with van der Waals surface area (Å²) < 4.78 is 10.7. The number of hydrogen-bond acceptors (Lipinski definition) is 4. The summed E-state index contributed by atoms with van der Waals surface area (Å²) in [6.45, 7) is 9.62. The van der Waals surface area contributed by atoms with Crippen LogP contribution < -0.4 is 0 Å². The molecule has 0 bridgehead atoms. The standard InChI is InChI=1S/C13H19NO3/c1-6-16-11(15)9(8-14)10-7-12(2,3)17-13(10,4)5/h6-7H2,1-5H3/b10-9+. The van der Waals surface area contributed by atoms with Gasteiger partial charge in [-0.05, 0) is 40.2 Å². The monoisotopic (exact) mass is 237 g/mol. The van der Waals surface area contributed by atoms with E-state index in [2.05, 4.69) is 0 Å². The van der Waals surface area contributed by atoms with Crippen LogP contribution in [0, 0.1) is 11.3 Å². The largest absolute Gasteiger partial charge is 0.462 e. The van der Waals surface area contributed by atoms with Gasteiger partial charge in [0.2, 0.25) is 0 Å².